The van der Waals surface area contributed by atoms with Crippen LogP contribution in [0.25, 0.3) is 0 Å². The van der Waals surface area contributed by atoms with E-state index in [-0.39, 0.29) is 24.3 Å². The van der Waals surface area contributed by atoms with Crippen molar-refractivity contribution in [1.82, 2.24) is 10.2 Å². The van der Waals surface area contributed by atoms with Crippen LogP contribution in [0.2, 0.25) is 0 Å². The summed E-state index contributed by atoms with van der Waals surface area (Å²) in [5.74, 6) is -0.693. The maximum absolute atomic E-state index is 14.6. The molecule has 0 heterocycles. The maximum Gasteiger partial charge on any atom is 0.408 e. The number of benzene rings is 3. The number of hydrogen-bond donors (Lipinski definition) is 2. The van der Waals surface area contributed by atoms with E-state index in [4.69, 9.17) is 4.74 Å². The zero-order valence-electron chi connectivity index (χ0n) is 26.4. The minimum absolute atomic E-state index is 0.236. The molecule has 3 aromatic carbocycles. The summed E-state index contributed by atoms with van der Waals surface area (Å²) in [5.41, 5.74) is 5.31. The van der Waals surface area contributed by atoms with Crippen molar-refractivity contribution in [1.29, 1.82) is 0 Å². The van der Waals surface area contributed by atoms with Crippen molar-refractivity contribution in [3.05, 3.63) is 100 Å². The molecule has 0 saturated heterocycles. The monoisotopic (exact) mass is 571 g/mol. The van der Waals surface area contributed by atoms with Crippen molar-refractivity contribution < 1.29 is 19.1 Å². The highest BCUT2D eigenvalue weighted by molar-refractivity contribution is 6.00. The molecule has 2 N–H and O–H groups in total. The maximum atomic E-state index is 14.6. The molecule has 0 bridgehead atoms. The summed E-state index contributed by atoms with van der Waals surface area (Å²) < 4.78 is 5.53. The van der Waals surface area contributed by atoms with Gasteiger partial charge in [0.2, 0.25) is 5.91 Å². The van der Waals surface area contributed by atoms with Gasteiger partial charge in [-0.25, -0.2) is 4.79 Å². The molecule has 3 rings (SSSR count). The highest BCUT2D eigenvalue weighted by Crippen LogP contribution is 2.31. The van der Waals surface area contributed by atoms with Crippen molar-refractivity contribution in [2.24, 2.45) is 0 Å². The van der Waals surface area contributed by atoms with Crippen molar-refractivity contribution >= 4 is 23.6 Å². The number of anilines is 1. The van der Waals surface area contributed by atoms with Crippen LogP contribution in [0.4, 0.5) is 10.5 Å². The third-order valence-electron chi connectivity index (χ3n) is 7.07. The SMILES string of the molecule is Cc1ccc(C)c(C(C(=O)Nc2c(C)cccc2C)N(C(=O)C(Cc2ccccc2)NC(=O)OC(C)(C)C)C(C)C)c1. The molecule has 7 nitrogen and oxygen atoms in total. The van der Waals surface area contributed by atoms with Gasteiger partial charge in [0.1, 0.15) is 17.7 Å². The van der Waals surface area contributed by atoms with Crippen LogP contribution in [0, 0.1) is 27.7 Å². The van der Waals surface area contributed by atoms with Gasteiger partial charge in [0, 0.05) is 18.2 Å². The van der Waals surface area contributed by atoms with Crippen LogP contribution in [0.3, 0.4) is 0 Å². The van der Waals surface area contributed by atoms with E-state index in [0.29, 0.717) is 0 Å². The molecule has 0 spiro atoms. The van der Waals surface area contributed by atoms with Gasteiger partial charge in [-0.05, 0) is 90.1 Å². The minimum atomic E-state index is -0.967. The highest BCUT2D eigenvalue weighted by atomic mass is 16.6. The molecule has 3 amide bonds. The van der Waals surface area contributed by atoms with Crippen LogP contribution in [-0.4, -0.2) is 40.5 Å². The molecule has 0 aliphatic carbocycles. The van der Waals surface area contributed by atoms with Gasteiger partial charge in [-0.1, -0.05) is 72.3 Å². The Hall–Kier alpha value is -4.13. The smallest absolute Gasteiger partial charge is 0.408 e. The number of alkyl carbamates (subject to hydrolysis) is 1. The second kappa shape index (κ2) is 13.7. The largest absolute Gasteiger partial charge is 0.444 e. The molecule has 0 aromatic heterocycles. The van der Waals surface area contributed by atoms with E-state index in [9.17, 15) is 14.4 Å². The number of aryl methyl sites for hydroxylation is 4. The predicted molar refractivity (Wildman–Crippen MR) is 168 cm³/mol. The number of carbonyl (C=O) groups is 3. The Balaban J connectivity index is 2.12. The van der Waals surface area contributed by atoms with Crippen LogP contribution in [0.15, 0.2) is 66.7 Å². The molecule has 0 saturated carbocycles. The normalized spacial score (nSPS) is 12.8. The number of para-hydroxylation sites is 1. The van der Waals surface area contributed by atoms with Crippen molar-refractivity contribution in [2.45, 2.75) is 92.5 Å². The zero-order valence-corrected chi connectivity index (χ0v) is 26.4. The molecular weight excluding hydrogens is 526 g/mol. The molecule has 2 atom stereocenters. The number of amides is 3. The first-order chi connectivity index (χ1) is 19.7. The van der Waals surface area contributed by atoms with E-state index in [2.05, 4.69) is 10.6 Å². The second-order valence-electron chi connectivity index (χ2n) is 12.2. The molecule has 7 heteroatoms. The Morgan fingerprint density at radius 3 is 2.02 bits per heavy atom. The quantitative estimate of drug-likeness (QED) is 0.290. The number of ether oxygens (including phenoxy) is 1. The predicted octanol–water partition coefficient (Wildman–Crippen LogP) is 6.97. The lowest BCUT2D eigenvalue weighted by molar-refractivity contribution is -0.142. The Bertz CT molecular complexity index is 1390. The van der Waals surface area contributed by atoms with Gasteiger partial charge in [-0.15, -0.1) is 0 Å². The number of rotatable bonds is 9. The lowest BCUT2D eigenvalue weighted by Crippen LogP contribution is -2.55. The van der Waals surface area contributed by atoms with Crippen LogP contribution in [0.1, 0.15) is 74.0 Å². The zero-order chi connectivity index (χ0) is 31.2. The van der Waals surface area contributed by atoms with Gasteiger partial charge in [0.25, 0.3) is 5.91 Å². The highest BCUT2D eigenvalue weighted by Gasteiger charge is 2.38. The van der Waals surface area contributed by atoms with E-state index >= 15 is 0 Å². The lowest BCUT2D eigenvalue weighted by Gasteiger charge is -2.38. The summed E-state index contributed by atoms with van der Waals surface area (Å²) in [6.45, 7) is 16.9. The summed E-state index contributed by atoms with van der Waals surface area (Å²) in [6.07, 6.45) is -0.455. The average Bonchev–Trinajstić information content (AvgIpc) is 2.89. The Kier molecular flexibility index (Phi) is 10.6. The van der Waals surface area contributed by atoms with Gasteiger partial charge in [0.15, 0.2) is 0 Å². The Morgan fingerprint density at radius 1 is 0.833 bits per heavy atom. The summed E-state index contributed by atoms with van der Waals surface area (Å²) in [6, 6.07) is 19.0. The van der Waals surface area contributed by atoms with E-state index in [1.807, 2.05) is 108 Å². The van der Waals surface area contributed by atoms with Crippen molar-refractivity contribution in [2.75, 3.05) is 5.32 Å². The van der Waals surface area contributed by atoms with Crippen molar-refractivity contribution in [3.8, 4) is 0 Å². The summed E-state index contributed by atoms with van der Waals surface area (Å²) in [5, 5.41) is 5.94. The fourth-order valence-electron chi connectivity index (χ4n) is 5.03. The van der Waals surface area contributed by atoms with E-state index in [1.54, 1.807) is 25.7 Å². The van der Waals surface area contributed by atoms with Crippen molar-refractivity contribution in [3.63, 3.8) is 0 Å². The Labute approximate surface area is 250 Å². The lowest BCUT2D eigenvalue weighted by atomic mass is 9.94. The molecule has 0 aliphatic heterocycles. The standard InChI is InChI=1S/C35H45N3O4/c1-22(2)38(33(40)29(21-27-16-11-10-12-17-27)36-34(41)42-35(7,8)9)31(28-20-23(3)18-19-24(28)4)32(39)37-30-25(5)14-13-15-26(30)6/h10-20,22,29,31H,21H2,1-9H3,(H,36,41)(H,37,39). The third-order valence-corrected chi connectivity index (χ3v) is 7.07. The summed E-state index contributed by atoms with van der Waals surface area (Å²) in [4.78, 5) is 43.4. The van der Waals surface area contributed by atoms with Gasteiger partial charge >= 0.3 is 6.09 Å². The van der Waals surface area contributed by atoms with E-state index in [1.165, 1.54) is 0 Å². The van der Waals surface area contributed by atoms with Gasteiger partial charge in [0.05, 0.1) is 0 Å². The van der Waals surface area contributed by atoms with Gasteiger partial charge < -0.3 is 20.3 Å². The first-order valence-corrected chi connectivity index (χ1v) is 14.5. The molecule has 0 radical (unpaired) electrons. The van der Waals surface area contributed by atoms with Gasteiger partial charge in [-0.3, -0.25) is 9.59 Å². The average molecular weight is 572 g/mol. The minimum Gasteiger partial charge on any atom is -0.444 e. The van der Waals surface area contributed by atoms with Crippen LogP contribution in [-0.2, 0) is 20.7 Å². The fraction of sp³-hybridized carbons (Fsp3) is 0.400. The number of nitrogens with zero attached hydrogens (tertiary/aromatic N) is 1. The molecule has 42 heavy (non-hydrogen) atoms. The van der Waals surface area contributed by atoms with E-state index < -0.39 is 23.8 Å². The first-order valence-electron chi connectivity index (χ1n) is 14.5. The van der Waals surface area contributed by atoms with Gasteiger partial charge in [-0.2, -0.15) is 0 Å². The molecule has 224 valence electrons. The first kappa shape index (κ1) is 32.4. The van der Waals surface area contributed by atoms with Crippen LogP contribution < -0.4 is 10.6 Å². The van der Waals surface area contributed by atoms with Crippen LogP contribution >= 0.6 is 0 Å². The molecular formula is C35H45N3O4. The number of hydrogen-bond acceptors (Lipinski definition) is 4. The third kappa shape index (κ3) is 8.44. The molecule has 0 fully saturated rings. The van der Waals surface area contributed by atoms with E-state index in [0.717, 1.165) is 39.1 Å². The molecule has 3 aromatic rings. The second-order valence-corrected chi connectivity index (χ2v) is 12.2. The summed E-state index contributed by atoms with van der Waals surface area (Å²) in [7, 11) is 0. The Morgan fingerprint density at radius 2 is 1.45 bits per heavy atom. The molecule has 2 unspecified atom stereocenters. The topological polar surface area (TPSA) is 87.7 Å². The number of nitrogens with one attached hydrogen (secondary N) is 2. The molecule has 0 aliphatic rings. The van der Waals surface area contributed by atoms with Crippen LogP contribution in [0.5, 0.6) is 0 Å². The fourth-order valence-corrected chi connectivity index (χ4v) is 5.03. The summed E-state index contributed by atoms with van der Waals surface area (Å²) >= 11 is 0. The number of carbonyl (C=O) groups excluding carboxylic acids is 3.